The molecule has 0 radical (unpaired) electrons. The largest absolute Gasteiger partial charge is 0.460 e. The Morgan fingerprint density at radius 1 is 1.33 bits per heavy atom. The molecule has 3 heteroatoms. The lowest BCUT2D eigenvalue weighted by Gasteiger charge is -2.09. The fourth-order valence-electron chi connectivity index (χ4n) is 1.58. The molecule has 0 unspecified atom stereocenters. The maximum atomic E-state index is 10.8. The first-order valence-corrected chi connectivity index (χ1v) is 5.16. The van der Waals surface area contributed by atoms with E-state index in [1.165, 1.54) is 0 Å². The van der Waals surface area contributed by atoms with Gasteiger partial charge in [-0.25, -0.2) is 0 Å². The molecule has 0 N–H and O–H groups in total. The highest BCUT2D eigenvalue weighted by atomic mass is 16.6. The van der Waals surface area contributed by atoms with Crippen molar-refractivity contribution >= 4 is 5.97 Å². The summed E-state index contributed by atoms with van der Waals surface area (Å²) in [6.45, 7) is 1.08. The van der Waals surface area contributed by atoms with Crippen molar-refractivity contribution in [2.24, 2.45) is 0 Å². The van der Waals surface area contributed by atoms with Crippen LogP contribution in [0.5, 0.6) is 0 Å². The molecule has 1 atom stereocenters. The Morgan fingerprint density at radius 2 is 2.13 bits per heavy atom. The molecule has 1 aliphatic rings. The summed E-state index contributed by atoms with van der Waals surface area (Å²) >= 11 is 0. The molecule has 3 nitrogen and oxygen atoms in total. The van der Waals surface area contributed by atoms with Crippen molar-refractivity contribution in [1.29, 1.82) is 0 Å². The van der Waals surface area contributed by atoms with Crippen LogP contribution in [0, 0.1) is 0 Å². The predicted octanol–water partition coefficient (Wildman–Crippen LogP) is 1.91. The average molecular weight is 206 g/mol. The summed E-state index contributed by atoms with van der Waals surface area (Å²) in [6, 6.07) is 9.96. The zero-order valence-corrected chi connectivity index (χ0v) is 8.52. The Bertz CT molecular complexity index is 321. The van der Waals surface area contributed by atoms with E-state index in [1.807, 2.05) is 30.3 Å². The molecule has 1 aromatic rings. The van der Waals surface area contributed by atoms with Crippen molar-refractivity contribution in [3.8, 4) is 0 Å². The molecule has 0 bridgehead atoms. The standard InChI is InChI=1S/C12H14O3/c13-12-7-6-11(15-12)9-14-8-10-4-2-1-3-5-10/h1-5,11H,6-9H2/t11-/m0/s1. The molecule has 1 aliphatic heterocycles. The molecule has 1 heterocycles. The molecule has 80 valence electrons. The zero-order valence-electron chi connectivity index (χ0n) is 8.52. The molecule has 0 spiro atoms. The number of cyclic esters (lactones) is 1. The number of ether oxygens (including phenoxy) is 2. The topological polar surface area (TPSA) is 35.5 Å². The number of hydrogen-bond donors (Lipinski definition) is 0. The first kappa shape index (κ1) is 10.2. The third-order valence-electron chi connectivity index (χ3n) is 2.38. The van der Waals surface area contributed by atoms with E-state index in [0.29, 0.717) is 19.6 Å². The van der Waals surface area contributed by atoms with Crippen LogP contribution < -0.4 is 0 Å². The van der Waals surface area contributed by atoms with Crippen LogP contribution in [0.15, 0.2) is 30.3 Å². The van der Waals surface area contributed by atoms with Crippen molar-refractivity contribution in [2.45, 2.75) is 25.6 Å². The van der Waals surface area contributed by atoms with Gasteiger partial charge in [0, 0.05) is 6.42 Å². The molecule has 1 saturated heterocycles. The van der Waals surface area contributed by atoms with Gasteiger partial charge >= 0.3 is 5.97 Å². The van der Waals surface area contributed by atoms with Gasteiger partial charge in [0.15, 0.2) is 0 Å². The summed E-state index contributed by atoms with van der Waals surface area (Å²) in [4.78, 5) is 10.8. The number of carbonyl (C=O) groups excluding carboxylic acids is 1. The highest BCUT2D eigenvalue weighted by Crippen LogP contribution is 2.14. The Morgan fingerprint density at radius 3 is 2.80 bits per heavy atom. The molecular weight excluding hydrogens is 192 g/mol. The van der Waals surface area contributed by atoms with Crippen LogP contribution in [0.25, 0.3) is 0 Å². The lowest BCUT2D eigenvalue weighted by Crippen LogP contribution is -2.14. The quantitative estimate of drug-likeness (QED) is 0.706. The van der Waals surface area contributed by atoms with E-state index in [2.05, 4.69) is 0 Å². The Labute approximate surface area is 89.0 Å². The van der Waals surface area contributed by atoms with Crippen molar-refractivity contribution in [3.63, 3.8) is 0 Å². The normalized spacial score (nSPS) is 20.3. The van der Waals surface area contributed by atoms with Crippen molar-refractivity contribution in [1.82, 2.24) is 0 Å². The third-order valence-corrected chi connectivity index (χ3v) is 2.38. The number of carbonyl (C=O) groups is 1. The minimum atomic E-state index is -0.108. The Hall–Kier alpha value is -1.35. The summed E-state index contributed by atoms with van der Waals surface area (Å²) in [6.07, 6.45) is 1.27. The molecule has 0 aliphatic carbocycles. The monoisotopic (exact) mass is 206 g/mol. The summed E-state index contributed by atoms with van der Waals surface area (Å²) in [5.41, 5.74) is 1.14. The van der Waals surface area contributed by atoms with Crippen molar-refractivity contribution < 1.29 is 14.3 Å². The molecule has 2 rings (SSSR count). The van der Waals surface area contributed by atoms with E-state index in [4.69, 9.17) is 9.47 Å². The van der Waals surface area contributed by atoms with Crippen LogP contribution in [0.3, 0.4) is 0 Å². The third kappa shape index (κ3) is 3.06. The van der Waals surface area contributed by atoms with Gasteiger partial charge in [-0.05, 0) is 12.0 Å². The number of hydrogen-bond acceptors (Lipinski definition) is 3. The molecular formula is C12H14O3. The van der Waals surface area contributed by atoms with Crippen molar-refractivity contribution in [3.05, 3.63) is 35.9 Å². The molecule has 0 aromatic heterocycles. The SMILES string of the molecule is O=C1CC[C@@H](COCc2ccccc2)O1. The van der Waals surface area contributed by atoms with Gasteiger partial charge in [0.2, 0.25) is 0 Å². The zero-order chi connectivity index (χ0) is 10.5. The first-order chi connectivity index (χ1) is 7.34. The van der Waals surface area contributed by atoms with Gasteiger partial charge in [0.05, 0.1) is 13.2 Å². The molecule has 1 fully saturated rings. The van der Waals surface area contributed by atoms with Crippen molar-refractivity contribution in [2.75, 3.05) is 6.61 Å². The van der Waals surface area contributed by atoms with E-state index in [1.54, 1.807) is 0 Å². The van der Waals surface area contributed by atoms with Crippen LogP contribution in [0.4, 0.5) is 0 Å². The summed E-state index contributed by atoms with van der Waals surface area (Å²) in [5.74, 6) is -0.108. The van der Waals surface area contributed by atoms with Gasteiger partial charge in [-0.3, -0.25) is 4.79 Å². The van der Waals surface area contributed by atoms with E-state index in [0.717, 1.165) is 12.0 Å². The maximum Gasteiger partial charge on any atom is 0.306 e. The van der Waals surface area contributed by atoms with E-state index in [-0.39, 0.29) is 12.1 Å². The van der Waals surface area contributed by atoms with E-state index >= 15 is 0 Å². The van der Waals surface area contributed by atoms with Gasteiger partial charge in [-0.15, -0.1) is 0 Å². The maximum absolute atomic E-state index is 10.8. The highest BCUT2D eigenvalue weighted by Gasteiger charge is 2.22. The lowest BCUT2D eigenvalue weighted by atomic mass is 10.2. The van der Waals surface area contributed by atoms with Gasteiger partial charge < -0.3 is 9.47 Å². The number of benzene rings is 1. The van der Waals surface area contributed by atoms with Crippen LogP contribution >= 0.6 is 0 Å². The smallest absolute Gasteiger partial charge is 0.306 e. The minimum Gasteiger partial charge on any atom is -0.460 e. The molecule has 0 amide bonds. The molecule has 15 heavy (non-hydrogen) atoms. The highest BCUT2D eigenvalue weighted by molar-refractivity contribution is 5.71. The van der Waals surface area contributed by atoms with Gasteiger partial charge in [-0.2, -0.15) is 0 Å². The van der Waals surface area contributed by atoms with Gasteiger partial charge in [0.1, 0.15) is 6.10 Å². The van der Waals surface area contributed by atoms with E-state index < -0.39 is 0 Å². The second-order valence-electron chi connectivity index (χ2n) is 3.65. The fourth-order valence-corrected chi connectivity index (χ4v) is 1.58. The second kappa shape index (κ2) is 4.94. The minimum absolute atomic E-state index is 0.0405. The van der Waals surface area contributed by atoms with Crippen LogP contribution in [0.2, 0.25) is 0 Å². The van der Waals surface area contributed by atoms with Crippen LogP contribution in [0.1, 0.15) is 18.4 Å². The molecule has 0 saturated carbocycles. The summed E-state index contributed by atoms with van der Waals surface area (Å²) in [7, 11) is 0. The van der Waals surface area contributed by atoms with Gasteiger partial charge in [-0.1, -0.05) is 30.3 Å². The predicted molar refractivity (Wildman–Crippen MR) is 55.2 cm³/mol. The second-order valence-corrected chi connectivity index (χ2v) is 3.65. The number of rotatable bonds is 4. The van der Waals surface area contributed by atoms with Crippen LogP contribution in [-0.4, -0.2) is 18.7 Å². The lowest BCUT2D eigenvalue weighted by molar-refractivity contribution is -0.143. The summed E-state index contributed by atoms with van der Waals surface area (Å²) < 4.78 is 10.5. The Kier molecular flexibility index (Phi) is 3.35. The van der Waals surface area contributed by atoms with E-state index in [9.17, 15) is 4.79 Å². The Balaban J connectivity index is 1.69. The fraction of sp³-hybridized carbons (Fsp3) is 0.417. The number of esters is 1. The molecule has 1 aromatic carbocycles. The van der Waals surface area contributed by atoms with Crippen LogP contribution in [-0.2, 0) is 20.9 Å². The summed E-state index contributed by atoms with van der Waals surface area (Å²) in [5, 5.41) is 0. The first-order valence-electron chi connectivity index (χ1n) is 5.16. The van der Waals surface area contributed by atoms with Gasteiger partial charge in [0.25, 0.3) is 0 Å². The average Bonchev–Trinajstić information content (AvgIpc) is 2.66.